The number of rotatable bonds is 8. The van der Waals surface area contributed by atoms with Crippen molar-refractivity contribution in [3.05, 3.63) is 118 Å². The zero-order valence-electron chi connectivity index (χ0n) is 20.7. The maximum atomic E-state index is 12.8. The van der Waals surface area contributed by atoms with E-state index in [4.69, 9.17) is 12.2 Å². The molecule has 192 valence electrons. The Kier molecular flexibility index (Phi) is 7.14. The monoisotopic (exact) mass is 526 g/mol. The van der Waals surface area contributed by atoms with Crippen molar-refractivity contribution in [1.29, 1.82) is 0 Å². The molecule has 1 aliphatic heterocycles. The van der Waals surface area contributed by atoms with Gasteiger partial charge >= 0.3 is 0 Å². The van der Waals surface area contributed by atoms with Crippen LogP contribution in [0.15, 0.2) is 91.3 Å². The highest BCUT2D eigenvalue weighted by atomic mass is 32.1. The van der Waals surface area contributed by atoms with Gasteiger partial charge in [0.1, 0.15) is 0 Å². The molecule has 1 amide bonds. The predicted molar refractivity (Wildman–Crippen MR) is 149 cm³/mol. The van der Waals surface area contributed by atoms with E-state index < -0.39 is 4.92 Å². The minimum Gasteiger partial charge on any atom is -0.352 e. The molecule has 4 aromatic rings. The summed E-state index contributed by atoms with van der Waals surface area (Å²) in [5.41, 5.74) is 4.15. The second-order valence-corrected chi connectivity index (χ2v) is 9.45. The number of thiocarbonyl (C=S) groups is 1. The highest BCUT2D eigenvalue weighted by molar-refractivity contribution is 7.80. The maximum absolute atomic E-state index is 12.8. The number of amides is 1. The van der Waals surface area contributed by atoms with Crippen LogP contribution in [-0.2, 0) is 4.79 Å². The lowest BCUT2D eigenvalue weighted by atomic mass is 10.0. The van der Waals surface area contributed by atoms with Crippen molar-refractivity contribution in [3.63, 3.8) is 0 Å². The Balaban J connectivity index is 1.46. The summed E-state index contributed by atoms with van der Waals surface area (Å²) >= 11 is 5.74. The van der Waals surface area contributed by atoms with Crippen molar-refractivity contribution in [2.24, 2.45) is 0 Å². The summed E-state index contributed by atoms with van der Waals surface area (Å²) in [6.45, 7) is 2.35. The quantitative estimate of drug-likeness (QED) is 0.187. The number of aromatic nitrogens is 2. The first kappa shape index (κ1) is 25.1. The van der Waals surface area contributed by atoms with Crippen LogP contribution in [0.2, 0.25) is 0 Å². The summed E-state index contributed by atoms with van der Waals surface area (Å²) in [5, 5.41) is 18.3. The topological polar surface area (TPSA) is 105 Å². The third kappa shape index (κ3) is 5.25. The number of nitrogens with one attached hydrogen (secondary N) is 2. The van der Waals surface area contributed by atoms with Gasteiger partial charge in [-0.05, 0) is 67.2 Å². The van der Waals surface area contributed by atoms with E-state index in [1.54, 1.807) is 18.3 Å². The van der Waals surface area contributed by atoms with Gasteiger partial charge in [-0.25, -0.2) is 0 Å². The fourth-order valence-electron chi connectivity index (χ4n) is 4.76. The molecule has 0 spiro atoms. The first-order chi connectivity index (χ1) is 18.4. The van der Waals surface area contributed by atoms with Crippen LogP contribution in [0.3, 0.4) is 0 Å². The van der Waals surface area contributed by atoms with Gasteiger partial charge in [-0.1, -0.05) is 24.3 Å². The van der Waals surface area contributed by atoms with Gasteiger partial charge in [-0.15, -0.1) is 0 Å². The molecule has 0 radical (unpaired) electrons. The number of pyridine rings is 1. The van der Waals surface area contributed by atoms with E-state index in [0.29, 0.717) is 17.3 Å². The lowest BCUT2D eigenvalue weighted by Gasteiger charge is -2.28. The van der Waals surface area contributed by atoms with E-state index in [0.717, 1.165) is 22.6 Å². The second-order valence-electron chi connectivity index (χ2n) is 9.07. The Morgan fingerprint density at radius 1 is 1.11 bits per heavy atom. The molecule has 0 bridgehead atoms. The van der Waals surface area contributed by atoms with Gasteiger partial charge in [0.05, 0.1) is 28.4 Å². The molecule has 9 nitrogen and oxygen atoms in total. The number of aryl methyl sites for hydroxylation is 1. The molecule has 1 saturated heterocycles. The van der Waals surface area contributed by atoms with Crippen LogP contribution in [0.1, 0.15) is 35.5 Å². The average Bonchev–Trinajstić information content (AvgIpc) is 3.52. The molecule has 1 fully saturated rings. The van der Waals surface area contributed by atoms with Crippen LogP contribution >= 0.6 is 12.2 Å². The Hall–Kier alpha value is -4.57. The first-order valence-corrected chi connectivity index (χ1v) is 12.6. The fourth-order valence-corrected chi connectivity index (χ4v) is 5.09. The van der Waals surface area contributed by atoms with Crippen LogP contribution in [0.25, 0.3) is 5.69 Å². The largest absolute Gasteiger partial charge is 0.352 e. The highest BCUT2D eigenvalue weighted by Gasteiger charge is 2.41. The van der Waals surface area contributed by atoms with Crippen molar-refractivity contribution in [2.75, 3.05) is 11.9 Å². The summed E-state index contributed by atoms with van der Waals surface area (Å²) in [6, 6.07) is 23.1. The molecule has 10 heteroatoms. The number of nitro benzene ring substituents is 1. The van der Waals surface area contributed by atoms with Gasteiger partial charge < -0.3 is 20.1 Å². The van der Waals surface area contributed by atoms with E-state index in [9.17, 15) is 14.9 Å². The Labute approximate surface area is 225 Å². The molecular formula is C28H26N6O3S. The van der Waals surface area contributed by atoms with Crippen molar-refractivity contribution in [2.45, 2.75) is 25.4 Å². The number of nitro groups is 1. The molecule has 0 unspecified atom stereocenters. The minimum atomic E-state index is -0.408. The van der Waals surface area contributed by atoms with Gasteiger partial charge in [0.25, 0.3) is 5.69 Å². The number of benzene rings is 2. The molecule has 0 aliphatic carbocycles. The molecule has 2 aromatic carbocycles. The average molecular weight is 527 g/mol. The third-order valence-electron chi connectivity index (χ3n) is 6.48. The van der Waals surface area contributed by atoms with Gasteiger partial charge in [-0.3, -0.25) is 19.9 Å². The molecule has 2 atom stereocenters. The van der Waals surface area contributed by atoms with E-state index in [1.165, 1.54) is 6.07 Å². The number of anilines is 1. The maximum Gasteiger partial charge on any atom is 0.271 e. The van der Waals surface area contributed by atoms with Crippen LogP contribution in [0.5, 0.6) is 0 Å². The van der Waals surface area contributed by atoms with Gasteiger partial charge in [0.15, 0.2) is 5.11 Å². The van der Waals surface area contributed by atoms with Crippen LogP contribution in [0.4, 0.5) is 11.4 Å². The molecule has 0 saturated carbocycles. The normalized spacial score (nSPS) is 16.8. The van der Waals surface area contributed by atoms with Crippen molar-refractivity contribution in [3.8, 4) is 5.69 Å². The Bertz CT molecular complexity index is 1490. The van der Waals surface area contributed by atoms with Crippen LogP contribution in [-0.4, -0.2) is 36.9 Å². The van der Waals surface area contributed by atoms with Crippen molar-refractivity contribution >= 4 is 34.6 Å². The highest BCUT2D eigenvalue weighted by Crippen LogP contribution is 2.39. The lowest BCUT2D eigenvalue weighted by molar-refractivity contribution is -0.384. The van der Waals surface area contributed by atoms with E-state index in [2.05, 4.69) is 15.6 Å². The van der Waals surface area contributed by atoms with Crippen LogP contribution < -0.4 is 10.6 Å². The fraction of sp³-hybridized carbons (Fsp3) is 0.179. The molecule has 38 heavy (non-hydrogen) atoms. The van der Waals surface area contributed by atoms with E-state index in [1.807, 2.05) is 83.3 Å². The van der Waals surface area contributed by atoms with Crippen molar-refractivity contribution in [1.82, 2.24) is 19.8 Å². The van der Waals surface area contributed by atoms with E-state index in [-0.39, 0.29) is 30.1 Å². The number of carbonyl (C=O) groups excluding carboxylic acids is 1. The second kappa shape index (κ2) is 10.8. The Morgan fingerprint density at radius 2 is 1.95 bits per heavy atom. The standard InChI is InChI=1S/C28H26N6O3S/c1-19-7-4-8-20(17-19)30-25(35)13-16-33-27(26(31-28(33)38)23-11-2-3-14-29-23)24-12-6-15-32(24)21-9-5-10-22(18-21)34(36)37/h2-12,14-15,17-18,26-27H,13,16H2,1H3,(H,30,35)(H,31,38)/t26-,27-/m1/s1. The Morgan fingerprint density at radius 3 is 2.71 bits per heavy atom. The van der Waals surface area contributed by atoms with Gasteiger partial charge in [0, 0.05) is 48.9 Å². The van der Waals surface area contributed by atoms with Crippen molar-refractivity contribution < 1.29 is 9.72 Å². The molecule has 2 aromatic heterocycles. The first-order valence-electron chi connectivity index (χ1n) is 12.2. The molecule has 3 heterocycles. The van der Waals surface area contributed by atoms with E-state index >= 15 is 0 Å². The summed E-state index contributed by atoms with van der Waals surface area (Å²) in [4.78, 5) is 30.4. The third-order valence-corrected chi connectivity index (χ3v) is 6.83. The SMILES string of the molecule is Cc1cccc(NC(=O)CCN2C(=S)N[C@H](c3ccccn3)[C@H]2c2cccn2-c2cccc([N+](=O)[O-])c2)c1. The summed E-state index contributed by atoms with van der Waals surface area (Å²) in [5.74, 6) is -0.118. The zero-order chi connectivity index (χ0) is 26.6. The lowest BCUT2D eigenvalue weighted by Crippen LogP contribution is -2.33. The van der Waals surface area contributed by atoms with Gasteiger partial charge in [0.2, 0.25) is 5.91 Å². The smallest absolute Gasteiger partial charge is 0.271 e. The molecular weight excluding hydrogens is 500 g/mol. The number of nitrogens with zero attached hydrogens (tertiary/aromatic N) is 4. The van der Waals surface area contributed by atoms with Gasteiger partial charge in [-0.2, -0.15) is 0 Å². The van der Waals surface area contributed by atoms with Crippen LogP contribution in [0, 0.1) is 17.0 Å². The molecule has 5 rings (SSSR count). The number of non-ortho nitro benzene ring substituents is 1. The zero-order valence-corrected chi connectivity index (χ0v) is 21.5. The number of hydrogen-bond donors (Lipinski definition) is 2. The molecule has 1 aliphatic rings. The number of carbonyl (C=O) groups is 1. The minimum absolute atomic E-state index is 0.00756. The summed E-state index contributed by atoms with van der Waals surface area (Å²) in [6.07, 6.45) is 3.82. The summed E-state index contributed by atoms with van der Waals surface area (Å²) in [7, 11) is 0. The predicted octanol–water partition coefficient (Wildman–Crippen LogP) is 5.09. The molecule has 2 N–H and O–H groups in total. The summed E-state index contributed by atoms with van der Waals surface area (Å²) < 4.78 is 1.92. The number of hydrogen-bond acceptors (Lipinski definition) is 5.